The summed E-state index contributed by atoms with van der Waals surface area (Å²) in [6.07, 6.45) is 1.59. The molecule has 0 spiro atoms. The Labute approximate surface area is 130 Å². The van der Waals surface area contributed by atoms with E-state index in [2.05, 4.69) is 10.2 Å². The van der Waals surface area contributed by atoms with Crippen molar-refractivity contribution in [3.63, 3.8) is 0 Å². The van der Waals surface area contributed by atoms with Gasteiger partial charge in [-0.2, -0.15) is 9.40 Å². The second-order valence-corrected chi connectivity index (χ2v) is 6.97. The van der Waals surface area contributed by atoms with Crippen molar-refractivity contribution in [3.8, 4) is 0 Å². The molecule has 23 heavy (non-hydrogen) atoms. The van der Waals surface area contributed by atoms with Crippen molar-refractivity contribution >= 4 is 15.9 Å². The molecule has 1 aliphatic heterocycles. The number of aromatic amines is 1. The number of fused-ring (bicyclic) bond motifs is 1. The summed E-state index contributed by atoms with van der Waals surface area (Å²) < 4.78 is 52.9. The summed E-state index contributed by atoms with van der Waals surface area (Å²) in [6, 6.07) is 0.673. The Morgan fingerprint density at radius 2 is 1.96 bits per heavy atom. The fourth-order valence-electron chi connectivity index (χ4n) is 2.63. The number of nitrogens with two attached hydrogens (primary N) is 1. The lowest BCUT2D eigenvalue weighted by molar-refractivity contribution is -0.122. The largest absolute Gasteiger partial charge is 0.368 e. The lowest BCUT2D eigenvalue weighted by Crippen LogP contribution is -2.45. The summed E-state index contributed by atoms with van der Waals surface area (Å²) >= 11 is 0. The monoisotopic (exact) mass is 342 g/mol. The molecule has 2 heterocycles. The number of aromatic nitrogens is 2. The second-order valence-electron chi connectivity index (χ2n) is 5.08. The Kier molecular flexibility index (Phi) is 3.65. The highest BCUT2D eigenvalue weighted by Crippen LogP contribution is 2.33. The van der Waals surface area contributed by atoms with Crippen LogP contribution in [0.15, 0.2) is 29.3 Å². The fourth-order valence-corrected chi connectivity index (χ4v) is 4.25. The number of halogens is 2. The van der Waals surface area contributed by atoms with Crippen LogP contribution < -0.4 is 5.73 Å². The Bertz CT molecular complexity index is 861. The normalized spacial score (nSPS) is 18.6. The number of carbonyl (C=O) groups excluding carboxylic acids is 1. The van der Waals surface area contributed by atoms with Crippen LogP contribution in [0.2, 0.25) is 0 Å². The molecule has 2 aromatic rings. The molecule has 0 saturated heterocycles. The smallest absolute Gasteiger partial charge is 0.244 e. The van der Waals surface area contributed by atoms with Crippen LogP contribution in [0.4, 0.5) is 8.78 Å². The predicted octanol–water partition coefficient (Wildman–Crippen LogP) is 0.461. The Morgan fingerprint density at radius 1 is 1.30 bits per heavy atom. The van der Waals surface area contributed by atoms with Crippen molar-refractivity contribution in [2.45, 2.75) is 17.4 Å². The predicted molar refractivity (Wildman–Crippen MR) is 74.5 cm³/mol. The minimum absolute atomic E-state index is 0.0662. The number of primary amides is 1. The van der Waals surface area contributed by atoms with Crippen LogP contribution in [0.3, 0.4) is 0 Å². The Hall–Kier alpha value is -2.33. The zero-order chi connectivity index (χ0) is 16.8. The van der Waals surface area contributed by atoms with Gasteiger partial charge in [-0.15, -0.1) is 0 Å². The zero-order valence-corrected chi connectivity index (χ0v) is 12.5. The maximum Gasteiger partial charge on any atom is 0.244 e. The first-order valence-corrected chi connectivity index (χ1v) is 8.04. The number of nitrogens with one attached hydrogen (secondary N) is 1. The molecule has 10 heteroatoms. The molecular formula is C13H12F2N4O3S. The quantitative estimate of drug-likeness (QED) is 0.844. The van der Waals surface area contributed by atoms with Gasteiger partial charge in [-0.05, 0) is 12.1 Å². The highest BCUT2D eigenvalue weighted by Gasteiger charge is 2.40. The summed E-state index contributed by atoms with van der Waals surface area (Å²) in [5.74, 6) is -2.95. The molecule has 1 aromatic carbocycles. The van der Waals surface area contributed by atoms with Gasteiger partial charge in [0.05, 0.1) is 11.1 Å². The topological polar surface area (TPSA) is 109 Å². The molecule has 3 rings (SSSR count). The molecule has 1 aliphatic rings. The van der Waals surface area contributed by atoms with E-state index in [-0.39, 0.29) is 13.0 Å². The van der Waals surface area contributed by atoms with Gasteiger partial charge in [0.25, 0.3) is 0 Å². The van der Waals surface area contributed by atoms with Crippen LogP contribution in [0, 0.1) is 11.6 Å². The molecule has 0 radical (unpaired) electrons. The molecule has 122 valence electrons. The van der Waals surface area contributed by atoms with Crippen LogP contribution in [0.5, 0.6) is 0 Å². The average Bonchev–Trinajstić information content (AvgIpc) is 2.93. The van der Waals surface area contributed by atoms with Gasteiger partial charge in [0.1, 0.15) is 17.7 Å². The van der Waals surface area contributed by atoms with E-state index >= 15 is 0 Å². The molecule has 1 unspecified atom stereocenters. The third kappa shape index (κ3) is 2.59. The molecule has 1 atom stereocenters. The van der Waals surface area contributed by atoms with E-state index in [1.54, 1.807) is 0 Å². The van der Waals surface area contributed by atoms with Gasteiger partial charge in [-0.1, -0.05) is 0 Å². The summed E-state index contributed by atoms with van der Waals surface area (Å²) in [4.78, 5) is 11.2. The number of hydrogen-bond donors (Lipinski definition) is 2. The van der Waals surface area contributed by atoms with Crippen LogP contribution in [0.25, 0.3) is 0 Å². The van der Waals surface area contributed by atoms with E-state index in [1.165, 1.54) is 6.20 Å². The minimum atomic E-state index is -4.31. The summed E-state index contributed by atoms with van der Waals surface area (Å²) in [7, 11) is -4.31. The summed E-state index contributed by atoms with van der Waals surface area (Å²) in [5.41, 5.74) is 6.27. The van der Waals surface area contributed by atoms with E-state index < -0.39 is 38.5 Å². The number of sulfonamides is 1. The van der Waals surface area contributed by atoms with Gasteiger partial charge >= 0.3 is 0 Å². The van der Waals surface area contributed by atoms with Gasteiger partial charge in [0, 0.05) is 30.3 Å². The first-order valence-electron chi connectivity index (χ1n) is 6.60. The minimum Gasteiger partial charge on any atom is -0.368 e. The van der Waals surface area contributed by atoms with Crippen molar-refractivity contribution in [2.75, 3.05) is 6.54 Å². The first-order chi connectivity index (χ1) is 10.8. The molecule has 0 bridgehead atoms. The van der Waals surface area contributed by atoms with Crippen LogP contribution in [0.1, 0.15) is 17.3 Å². The maximum absolute atomic E-state index is 13.3. The third-order valence-electron chi connectivity index (χ3n) is 3.63. The number of carbonyl (C=O) groups is 1. The first kappa shape index (κ1) is 15.6. The molecule has 0 aliphatic carbocycles. The lowest BCUT2D eigenvalue weighted by Gasteiger charge is -2.32. The number of amides is 1. The van der Waals surface area contributed by atoms with Crippen LogP contribution >= 0.6 is 0 Å². The van der Waals surface area contributed by atoms with Gasteiger partial charge < -0.3 is 5.73 Å². The third-order valence-corrected chi connectivity index (χ3v) is 5.47. The van der Waals surface area contributed by atoms with Crippen LogP contribution in [-0.4, -0.2) is 35.4 Å². The molecule has 3 N–H and O–H groups in total. The summed E-state index contributed by atoms with van der Waals surface area (Å²) in [5, 5.41) is 6.45. The maximum atomic E-state index is 13.3. The van der Waals surface area contributed by atoms with E-state index in [0.717, 1.165) is 4.31 Å². The lowest BCUT2D eigenvalue weighted by atomic mass is 10.0. The number of hydrogen-bond acceptors (Lipinski definition) is 4. The van der Waals surface area contributed by atoms with Crippen molar-refractivity contribution in [2.24, 2.45) is 5.73 Å². The molecule has 0 fully saturated rings. The van der Waals surface area contributed by atoms with Gasteiger partial charge in [0.2, 0.25) is 15.9 Å². The van der Waals surface area contributed by atoms with Crippen molar-refractivity contribution in [1.29, 1.82) is 0 Å². The average molecular weight is 342 g/mol. The number of rotatable bonds is 3. The number of nitrogens with zero attached hydrogens (tertiary/aromatic N) is 2. The van der Waals surface area contributed by atoms with Crippen molar-refractivity contribution in [1.82, 2.24) is 14.5 Å². The standard InChI is InChI=1S/C13H12F2N4O3S/c14-7-3-8(15)5-9(4-7)23(21,22)19-2-1-11-10(6-17-18-11)12(19)13(16)20/h3-6,12H,1-2H2,(H2,16,20)(H,17,18). The zero-order valence-electron chi connectivity index (χ0n) is 11.7. The van der Waals surface area contributed by atoms with Gasteiger partial charge in [-0.25, -0.2) is 17.2 Å². The second kappa shape index (κ2) is 5.39. The number of H-pyrrole nitrogens is 1. The Morgan fingerprint density at radius 3 is 2.57 bits per heavy atom. The van der Waals surface area contributed by atoms with E-state index in [1.807, 2.05) is 0 Å². The van der Waals surface area contributed by atoms with Crippen LogP contribution in [-0.2, 0) is 21.2 Å². The highest BCUT2D eigenvalue weighted by atomic mass is 32.2. The SMILES string of the molecule is NC(=O)C1c2cn[nH]c2CCN1S(=O)(=O)c1cc(F)cc(F)c1. The van der Waals surface area contributed by atoms with Crippen molar-refractivity contribution < 1.29 is 22.0 Å². The van der Waals surface area contributed by atoms with E-state index in [4.69, 9.17) is 5.73 Å². The molecule has 7 nitrogen and oxygen atoms in total. The Balaban J connectivity index is 2.11. The molecule has 0 saturated carbocycles. The summed E-state index contributed by atoms with van der Waals surface area (Å²) in [6.45, 7) is -0.0662. The fraction of sp³-hybridized carbons (Fsp3) is 0.231. The van der Waals surface area contributed by atoms with E-state index in [9.17, 15) is 22.0 Å². The molecular weight excluding hydrogens is 330 g/mol. The highest BCUT2D eigenvalue weighted by molar-refractivity contribution is 7.89. The van der Waals surface area contributed by atoms with E-state index in [0.29, 0.717) is 29.5 Å². The number of benzene rings is 1. The molecule has 1 aromatic heterocycles. The van der Waals surface area contributed by atoms with Gasteiger partial charge in [0.15, 0.2) is 0 Å². The van der Waals surface area contributed by atoms with Gasteiger partial charge in [-0.3, -0.25) is 9.89 Å². The molecule has 1 amide bonds. The van der Waals surface area contributed by atoms with Crippen molar-refractivity contribution in [3.05, 3.63) is 47.3 Å².